The quantitative estimate of drug-likeness (QED) is 0.700. The van der Waals surface area contributed by atoms with Crippen LogP contribution in [0.15, 0.2) is 69.9 Å². The molecule has 2 aliphatic rings. The Morgan fingerprint density at radius 3 is 2.60 bits per heavy atom. The van der Waals surface area contributed by atoms with Gasteiger partial charge in [0.15, 0.2) is 11.2 Å². The van der Waals surface area contributed by atoms with Gasteiger partial charge in [-0.1, -0.05) is 55.3 Å². The Morgan fingerprint density at radius 1 is 1.03 bits per heavy atom. The van der Waals surface area contributed by atoms with Crippen LogP contribution >= 0.6 is 0 Å². The molecule has 30 heavy (non-hydrogen) atoms. The monoisotopic (exact) mass is 403 g/mol. The van der Waals surface area contributed by atoms with E-state index in [-0.39, 0.29) is 29.1 Å². The van der Waals surface area contributed by atoms with Gasteiger partial charge in [0.1, 0.15) is 5.58 Å². The summed E-state index contributed by atoms with van der Waals surface area (Å²) in [5, 5.41) is 12.2. The number of amides is 1. The highest BCUT2D eigenvalue weighted by Crippen LogP contribution is 2.47. The van der Waals surface area contributed by atoms with E-state index in [0.717, 1.165) is 31.2 Å². The minimum absolute atomic E-state index is 0.0291. The average Bonchev–Trinajstić information content (AvgIpc) is 2.80. The summed E-state index contributed by atoms with van der Waals surface area (Å²) in [6.45, 7) is 0.432. The fourth-order valence-electron chi connectivity index (χ4n) is 5.37. The van der Waals surface area contributed by atoms with Crippen molar-refractivity contribution in [2.75, 3.05) is 6.54 Å². The van der Waals surface area contributed by atoms with Crippen LogP contribution in [0, 0.1) is 5.92 Å². The first-order valence-corrected chi connectivity index (χ1v) is 10.7. The Bertz CT molecular complexity index is 1140. The fourth-order valence-corrected chi connectivity index (χ4v) is 5.37. The van der Waals surface area contributed by atoms with Crippen LogP contribution in [0.4, 0.5) is 0 Å². The molecule has 154 valence electrons. The second-order valence-corrected chi connectivity index (χ2v) is 8.47. The van der Waals surface area contributed by atoms with Gasteiger partial charge in [-0.05, 0) is 37.0 Å². The summed E-state index contributed by atoms with van der Waals surface area (Å²) in [6, 6.07) is 18.0. The molecule has 0 radical (unpaired) electrons. The summed E-state index contributed by atoms with van der Waals surface area (Å²) >= 11 is 0. The molecular weight excluding hydrogens is 378 g/mol. The predicted molar refractivity (Wildman–Crippen MR) is 114 cm³/mol. The highest BCUT2D eigenvalue weighted by atomic mass is 16.3. The normalized spacial score (nSPS) is 26.4. The molecule has 0 spiro atoms. The van der Waals surface area contributed by atoms with Gasteiger partial charge in [-0.2, -0.15) is 0 Å². The molecule has 2 aromatic carbocycles. The molecule has 1 amide bonds. The third-order valence-electron chi connectivity index (χ3n) is 6.86. The molecule has 1 unspecified atom stereocenters. The number of carbonyl (C=O) groups excluding carboxylic acids is 1. The molecule has 2 heterocycles. The Balaban J connectivity index is 1.50. The maximum Gasteiger partial charge on any atom is 0.289 e. The molecular formula is C25H25NO4. The van der Waals surface area contributed by atoms with Gasteiger partial charge in [-0.15, -0.1) is 0 Å². The van der Waals surface area contributed by atoms with E-state index in [4.69, 9.17) is 4.42 Å². The van der Waals surface area contributed by atoms with Crippen molar-refractivity contribution in [1.29, 1.82) is 0 Å². The van der Waals surface area contributed by atoms with Crippen molar-refractivity contribution < 1.29 is 14.3 Å². The Morgan fingerprint density at radius 2 is 1.77 bits per heavy atom. The Hall–Kier alpha value is -2.92. The predicted octanol–water partition coefficient (Wildman–Crippen LogP) is 4.09. The van der Waals surface area contributed by atoms with E-state index in [1.807, 2.05) is 35.2 Å². The van der Waals surface area contributed by atoms with Crippen molar-refractivity contribution in [2.45, 2.75) is 43.7 Å². The lowest BCUT2D eigenvalue weighted by Crippen LogP contribution is -2.59. The lowest BCUT2D eigenvalue weighted by Gasteiger charge is -2.52. The first kappa shape index (κ1) is 19.1. The van der Waals surface area contributed by atoms with Crippen molar-refractivity contribution in [2.24, 2.45) is 5.92 Å². The summed E-state index contributed by atoms with van der Waals surface area (Å²) < 4.78 is 5.82. The van der Waals surface area contributed by atoms with Crippen molar-refractivity contribution in [3.05, 3.63) is 82.2 Å². The maximum absolute atomic E-state index is 13.4. The van der Waals surface area contributed by atoms with E-state index in [1.54, 1.807) is 24.3 Å². The molecule has 5 rings (SSSR count). The summed E-state index contributed by atoms with van der Waals surface area (Å²) in [7, 11) is 0. The summed E-state index contributed by atoms with van der Waals surface area (Å²) in [5.74, 6) is -0.212. The fraction of sp³-hybridized carbons (Fsp3) is 0.360. The van der Waals surface area contributed by atoms with Gasteiger partial charge in [0, 0.05) is 24.6 Å². The first-order chi connectivity index (χ1) is 14.6. The zero-order valence-corrected chi connectivity index (χ0v) is 16.8. The zero-order valence-electron chi connectivity index (χ0n) is 16.8. The van der Waals surface area contributed by atoms with Crippen LogP contribution in [0.25, 0.3) is 11.0 Å². The number of benzene rings is 2. The van der Waals surface area contributed by atoms with Crippen molar-refractivity contribution in [3.8, 4) is 0 Å². The van der Waals surface area contributed by atoms with E-state index >= 15 is 0 Å². The van der Waals surface area contributed by atoms with E-state index in [0.29, 0.717) is 23.9 Å². The number of carbonyl (C=O) groups is 1. The van der Waals surface area contributed by atoms with Gasteiger partial charge in [-0.25, -0.2) is 0 Å². The highest BCUT2D eigenvalue weighted by molar-refractivity contribution is 5.93. The SMILES string of the molecule is O=C(c1cc(=O)c2ccccc2o1)N1CC[C@](O)(c2ccccc2)[C@H]2CCCCC21. The maximum atomic E-state index is 13.4. The largest absolute Gasteiger partial charge is 0.451 e. The minimum atomic E-state index is -0.937. The number of aliphatic hydroxyl groups is 1. The van der Waals surface area contributed by atoms with Crippen LogP contribution in [0.2, 0.25) is 0 Å². The van der Waals surface area contributed by atoms with Crippen LogP contribution in [-0.2, 0) is 5.60 Å². The number of fused-ring (bicyclic) bond motifs is 2. The minimum Gasteiger partial charge on any atom is -0.451 e. The molecule has 1 N–H and O–H groups in total. The van der Waals surface area contributed by atoms with Gasteiger partial charge in [0.25, 0.3) is 5.91 Å². The van der Waals surface area contributed by atoms with Gasteiger partial charge >= 0.3 is 0 Å². The van der Waals surface area contributed by atoms with Crippen LogP contribution in [0.5, 0.6) is 0 Å². The molecule has 1 aliphatic heterocycles. The van der Waals surface area contributed by atoms with Gasteiger partial charge in [0.05, 0.1) is 11.0 Å². The van der Waals surface area contributed by atoms with E-state index in [1.165, 1.54) is 6.07 Å². The van der Waals surface area contributed by atoms with Crippen molar-refractivity contribution in [3.63, 3.8) is 0 Å². The Labute approximate surface area is 174 Å². The second kappa shape index (κ2) is 7.40. The Kier molecular flexibility index (Phi) is 4.70. The molecule has 1 saturated carbocycles. The molecule has 5 heteroatoms. The lowest BCUT2D eigenvalue weighted by molar-refractivity contribution is -0.110. The second-order valence-electron chi connectivity index (χ2n) is 8.47. The molecule has 1 saturated heterocycles. The van der Waals surface area contributed by atoms with Crippen molar-refractivity contribution >= 4 is 16.9 Å². The number of piperidine rings is 1. The highest BCUT2D eigenvalue weighted by Gasteiger charge is 2.50. The van der Waals surface area contributed by atoms with E-state index in [9.17, 15) is 14.7 Å². The molecule has 1 aliphatic carbocycles. The summed E-state index contributed by atoms with van der Waals surface area (Å²) in [4.78, 5) is 27.7. The van der Waals surface area contributed by atoms with Gasteiger partial charge in [0.2, 0.25) is 0 Å². The van der Waals surface area contributed by atoms with Crippen LogP contribution in [-0.4, -0.2) is 28.5 Å². The number of hydrogen-bond acceptors (Lipinski definition) is 4. The number of rotatable bonds is 2. The molecule has 2 fully saturated rings. The molecule has 1 aromatic heterocycles. The first-order valence-electron chi connectivity index (χ1n) is 10.7. The van der Waals surface area contributed by atoms with Gasteiger partial charge in [-0.3, -0.25) is 9.59 Å². The molecule has 0 bridgehead atoms. The third-order valence-corrected chi connectivity index (χ3v) is 6.86. The van der Waals surface area contributed by atoms with Crippen LogP contribution in [0.3, 0.4) is 0 Å². The summed E-state index contributed by atoms with van der Waals surface area (Å²) in [5.41, 5.74) is 0.198. The topological polar surface area (TPSA) is 70.8 Å². The molecule has 3 atom stereocenters. The number of hydrogen-bond donors (Lipinski definition) is 1. The zero-order chi connectivity index (χ0) is 20.7. The number of nitrogens with zero attached hydrogens (tertiary/aromatic N) is 1. The van der Waals surface area contributed by atoms with E-state index < -0.39 is 5.60 Å². The summed E-state index contributed by atoms with van der Waals surface area (Å²) in [6.07, 6.45) is 4.27. The smallest absolute Gasteiger partial charge is 0.289 e. The van der Waals surface area contributed by atoms with Crippen LogP contribution in [0.1, 0.15) is 48.2 Å². The van der Waals surface area contributed by atoms with Crippen LogP contribution < -0.4 is 5.43 Å². The molecule has 5 nitrogen and oxygen atoms in total. The van der Waals surface area contributed by atoms with Gasteiger partial charge < -0.3 is 14.4 Å². The number of para-hydroxylation sites is 1. The van der Waals surface area contributed by atoms with Crippen molar-refractivity contribution in [1.82, 2.24) is 4.90 Å². The molecule has 3 aromatic rings. The van der Waals surface area contributed by atoms with E-state index in [2.05, 4.69) is 0 Å². The average molecular weight is 403 g/mol. The lowest BCUT2D eigenvalue weighted by atomic mass is 9.66. The third kappa shape index (κ3) is 3.05. The number of likely N-dealkylation sites (tertiary alicyclic amines) is 1. The standard InChI is InChI=1S/C25H25NO4/c27-21-16-23(30-22-13-7-4-10-18(21)22)24(28)26-15-14-25(29,17-8-2-1-3-9-17)19-11-5-6-12-20(19)26/h1-4,7-10,13,16,19-20,29H,5-6,11-12,14-15H2/t19-,20?,25-/m0/s1.